The van der Waals surface area contributed by atoms with Gasteiger partial charge in [0, 0.05) is 43.3 Å². The van der Waals surface area contributed by atoms with Crippen LogP contribution in [0.1, 0.15) is 38.2 Å². The van der Waals surface area contributed by atoms with Gasteiger partial charge < -0.3 is 4.90 Å². The lowest BCUT2D eigenvalue weighted by Gasteiger charge is -2.35. The highest BCUT2D eigenvalue weighted by Gasteiger charge is 2.33. The van der Waals surface area contributed by atoms with E-state index >= 15 is 0 Å². The Morgan fingerprint density at radius 2 is 1.44 bits per heavy atom. The fraction of sp³-hybridized carbons (Fsp3) is 0.360. The van der Waals surface area contributed by atoms with Crippen molar-refractivity contribution in [2.75, 3.05) is 26.2 Å². The van der Waals surface area contributed by atoms with Crippen molar-refractivity contribution in [3.8, 4) is 0 Å². The van der Waals surface area contributed by atoms with Crippen LogP contribution in [-0.4, -0.2) is 54.7 Å². The quantitative estimate of drug-likeness (QED) is 0.605. The number of rotatable bonds is 3. The highest BCUT2D eigenvalue weighted by molar-refractivity contribution is 7.89. The summed E-state index contributed by atoms with van der Waals surface area (Å²) in [6.07, 6.45) is 1.73. The van der Waals surface area contributed by atoms with Gasteiger partial charge in [0.2, 0.25) is 10.0 Å². The van der Waals surface area contributed by atoms with E-state index in [1.807, 2.05) is 58.9 Å². The minimum Gasteiger partial charge on any atom is -0.336 e. The minimum atomic E-state index is -3.64. The third kappa shape index (κ3) is 3.69. The number of carbonyl (C=O) groups excluding carboxylic acids is 1. The molecule has 1 aliphatic rings. The summed E-state index contributed by atoms with van der Waals surface area (Å²) in [5.41, 5.74) is 6.24. The molecular weight excluding hydrogens is 422 g/mol. The number of sulfonamides is 1. The molecule has 32 heavy (non-hydrogen) atoms. The summed E-state index contributed by atoms with van der Waals surface area (Å²) in [6.45, 7) is 11.1. The second-order valence-corrected chi connectivity index (χ2v) is 10.4. The van der Waals surface area contributed by atoms with Gasteiger partial charge in [-0.05, 0) is 86.7 Å². The fourth-order valence-corrected chi connectivity index (χ4v) is 6.49. The highest BCUT2D eigenvalue weighted by atomic mass is 32.2. The van der Waals surface area contributed by atoms with Crippen molar-refractivity contribution in [3.05, 3.63) is 69.9 Å². The van der Waals surface area contributed by atoms with Crippen LogP contribution in [0.4, 0.5) is 0 Å². The van der Waals surface area contributed by atoms with E-state index in [0.717, 1.165) is 38.7 Å². The number of hydrogen-bond acceptors (Lipinski definition) is 4. The summed E-state index contributed by atoms with van der Waals surface area (Å²) in [7, 11) is -3.64. The van der Waals surface area contributed by atoms with Crippen LogP contribution in [0.15, 0.2) is 41.4 Å². The number of aromatic nitrogens is 1. The fourth-order valence-electron chi connectivity index (χ4n) is 4.50. The first kappa shape index (κ1) is 22.4. The first-order chi connectivity index (χ1) is 15.1. The van der Waals surface area contributed by atoms with Crippen molar-refractivity contribution in [2.24, 2.45) is 0 Å². The average molecular weight is 452 g/mol. The van der Waals surface area contributed by atoms with Gasteiger partial charge in [-0.1, -0.05) is 6.07 Å². The second kappa shape index (κ2) is 8.30. The van der Waals surface area contributed by atoms with Crippen LogP contribution in [0.5, 0.6) is 0 Å². The molecule has 2 aromatic carbocycles. The Labute approximate surface area is 189 Å². The number of nitrogens with zero attached hydrogens (tertiary/aromatic N) is 3. The first-order valence-electron chi connectivity index (χ1n) is 10.8. The lowest BCUT2D eigenvalue weighted by atomic mass is 9.95. The van der Waals surface area contributed by atoms with E-state index in [1.165, 1.54) is 4.31 Å². The molecule has 0 spiro atoms. The van der Waals surface area contributed by atoms with Gasteiger partial charge in [-0.3, -0.25) is 9.78 Å². The summed E-state index contributed by atoms with van der Waals surface area (Å²) in [4.78, 5) is 19.5. The van der Waals surface area contributed by atoms with E-state index < -0.39 is 10.0 Å². The van der Waals surface area contributed by atoms with Gasteiger partial charge in [0.15, 0.2) is 0 Å². The van der Waals surface area contributed by atoms with Crippen molar-refractivity contribution >= 4 is 26.8 Å². The zero-order valence-electron chi connectivity index (χ0n) is 19.3. The highest BCUT2D eigenvalue weighted by Crippen LogP contribution is 2.32. The molecule has 7 heteroatoms. The lowest BCUT2D eigenvalue weighted by Crippen LogP contribution is -2.50. The Morgan fingerprint density at radius 1 is 0.844 bits per heavy atom. The standard InChI is InChI=1S/C25H29N3O3S/c1-16-17(2)19(4)24(20(5)18(16)3)32(30,31)28-13-11-27(12-14-28)25(29)22-8-9-23-21(15-22)7-6-10-26-23/h6-10,15H,11-14H2,1-5H3. The maximum Gasteiger partial charge on any atom is 0.253 e. The Balaban J connectivity index is 1.55. The van der Waals surface area contributed by atoms with Crippen molar-refractivity contribution < 1.29 is 13.2 Å². The summed E-state index contributed by atoms with van der Waals surface area (Å²) in [5, 5.41) is 0.913. The molecule has 6 nitrogen and oxygen atoms in total. The molecular formula is C25H29N3O3S. The van der Waals surface area contributed by atoms with Gasteiger partial charge in [-0.2, -0.15) is 4.31 Å². The molecule has 0 N–H and O–H groups in total. The lowest BCUT2D eigenvalue weighted by molar-refractivity contribution is 0.0698. The molecule has 0 aliphatic carbocycles. The Morgan fingerprint density at radius 3 is 2.06 bits per heavy atom. The molecule has 0 atom stereocenters. The molecule has 1 aliphatic heterocycles. The molecule has 1 aromatic heterocycles. The molecule has 3 aromatic rings. The van der Waals surface area contributed by atoms with Gasteiger partial charge in [-0.25, -0.2) is 8.42 Å². The molecule has 0 radical (unpaired) electrons. The smallest absolute Gasteiger partial charge is 0.253 e. The van der Waals surface area contributed by atoms with Crippen LogP contribution in [-0.2, 0) is 10.0 Å². The zero-order valence-corrected chi connectivity index (χ0v) is 20.1. The van der Waals surface area contributed by atoms with E-state index in [-0.39, 0.29) is 19.0 Å². The van der Waals surface area contributed by atoms with Crippen molar-refractivity contribution in [3.63, 3.8) is 0 Å². The largest absolute Gasteiger partial charge is 0.336 e. The summed E-state index contributed by atoms with van der Waals surface area (Å²) in [6, 6.07) is 9.25. The Bertz CT molecular complexity index is 1290. The number of carbonyl (C=O) groups is 1. The number of benzene rings is 2. The van der Waals surface area contributed by atoms with Crippen LogP contribution >= 0.6 is 0 Å². The molecule has 2 heterocycles. The van der Waals surface area contributed by atoms with Gasteiger partial charge in [0.1, 0.15) is 0 Å². The van der Waals surface area contributed by atoms with E-state index in [1.54, 1.807) is 17.2 Å². The summed E-state index contributed by atoms with van der Waals surface area (Å²) in [5.74, 6) is -0.0813. The van der Waals surface area contributed by atoms with Crippen molar-refractivity contribution in [1.82, 2.24) is 14.2 Å². The number of piperazine rings is 1. The third-order valence-electron chi connectivity index (χ3n) is 6.90. The van der Waals surface area contributed by atoms with Crippen LogP contribution in [0, 0.1) is 34.6 Å². The van der Waals surface area contributed by atoms with Gasteiger partial charge in [0.25, 0.3) is 5.91 Å². The SMILES string of the molecule is Cc1c(C)c(C)c(S(=O)(=O)N2CCN(C(=O)c3ccc4ncccc4c3)CC2)c(C)c1C. The number of amides is 1. The topological polar surface area (TPSA) is 70.6 Å². The van der Waals surface area contributed by atoms with E-state index in [9.17, 15) is 13.2 Å². The molecule has 0 unspecified atom stereocenters. The number of pyridine rings is 1. The molecule has 4 rings (SSSR count). The van der Waals surface area contributed by atoms with Gasteiger partial charge >= 0.3 is 0 Å². The van der Waals surface area contributed by atoms with Crippen molar-refractivity contribution in [1.29, 1.82) is 0 Å². The van der Waals surface area contributed by atoms with Crippen LogP contribution in [0.3, 0.4) is 0 Å². The van der Waals surface area contributed by atoms with Crippen molar-refractivity contribution in [2.45, 2.75) is 39.5 Å². The van der Waals surface area contributed by atoms with Crippen LogP contribution in [0.25, 0.3) is 10.9 Å². The van der Waals surface area contributed by atoms with E-state index in [2.05, 4.69) is 4.98 Å². The maximum atomic E-state index is 13.6. The first-order valence-corrected chi connectivity index (χ1v) is 12.3. The Hall–Kier alpha value is -2.77. The predicted molar refractivity (Wildman–Crippen MR) is 127 cm³/mol. The predicted octanol–water partition coefficient (Wildman–Crippen LogP) is 3.92. The van der Waals surface area contributed by atoms with Gasteiger partial charge in [0.05, 0.1) is 10.4 Å². The zero-order chi connectivity index (χ0) is 23.2. The molecule has 168 valence electrons. The monoisotopic (exact) mass is 451 g/mol. The third-order valence-corrected chi connectivity index (χ3v) is 9.08. The molecule has 1 fully saturated rings. The van der Waals surface area contributed by atoms with E-state index in [0.29, 0.717) is 23.5 Å². The minimum absolute atomic E-state index is 0.0813. The van der Waals surface area contributed by atoms with Crippen LogP contribution < -0.4 is 0 Å². The number of hydrogen-bond donors (Lipinski definition) is 0. The molecule has 0 saturated carbocycles. The van der Waals surface area contributed by atoms with E-state index in [4.69, 9.17) is 0 Å². The number of fused-ring (bicyclic) bond motifs is 1. The normalized spacial score (nSPS) is 15.3. The molecule has 1 amide bonds. The second-order valence-electron chi connectivity index (χ2n) is 8.56. The maximum absolute atomic E-state index is 13.6. The molecule has 0 bridgehead atoms. The van der Waals surface area contributed by atoms with Gasteiger partial charge in [-0.15, -0.1) is 0 Å². The summed E-state index contributed by atoms with van der Waals surface area (Å²) >= 11 is 0. The summed E-state index contributed by atoms with van der Waals surface area (Å²) < 4.78 is 28.6. The molecule has 1 saturated heterocycles. The average Bonchev–Trinajstić information content (AvgIpc) is 2.80. The Kier molecular flexibility index (Phi) is 5.81. The van der Waals surface area contributed by atoms with Crippen LogP contribution in [0.2, 0.25) is 0 Å².